The average molecular weight is 263 g/mol. The average Bonchev–Trinajstić information content (AvgIpc) is 2.64. The monoisotopic (exact) mass is 262 g/mol. The Morgan fingerprint density at radius 3 is 2.69 bits per heavy atom. The summed E-state index contributed by atoms with van der Waals surface area (Å²) in [7, 11) is 3.75. The maximum absolute atomic E-state index is 5.90. The highest BCUT2D eigenvalue weighted by Gasteiger charge is 2.27. The third-order valence-corrected chi connectivity index (χ3v) is 4.05. The summed E-state index contributed by atoms with van der Waals surface area (Å²) in [5.74, 6) is 0. The topological polar surface area (TPSA) is 38.5 Å². The van der Waals surface area contributed by atoms with Crippen molar-refractivity contribution in [2.45, 2.75) is 19.0 Å². The van der Waals surface area contributed by atoms with E-state index in [0.717, 1.165) is 10.9 Å². The van der Waals surface area contributed by atoms with Crippen molar-refractivity contribution in [3.05, 3.63) is 21.3 Å². The Morgan fingerprint density at radius 1 is 1.56 bits per heavy atom. The first-order valence-corrected chi connectivity index (χ1v) is 6.36. The second-order valence-electron chi connectivity index (χ2n) is 4.20. The molecule has 0 aliphatic carbocycles. The lowest BCUT2D eigenvalue weighted by Crippen LogP contribution is -2.52. The van der Waals surface area contributed by atoms with Crippen molar-refractivity contribution in [2.24, 2.45) is 5.73 Å². The lowest BCUT2D eigenvalue weighted by atomic mass is 10.0. The van der Waals surface area contributed by atoms with Gasteiger partial charge in [0, 0.05) is 25.1 Å². The van der Waals surface area contributed by atoms with Crippen LogP contribution in [0.25, 0.3) is 0 Å². The number of ether oxygens (including phenoxy) is 1. The van der Waals surface area contributed by atoms with Gasteiger partial charge in [0.15, 0.2) is 0 Å². The Kier molecular flexibility index (Phi) is 5.21. The van der Waals surface area contributed by atoms with Gasteiger partial charge < -0.3 is 10.5 Å². The van der Waals surface area contributed by atoms with Crippen LogP contribution in [0.4, 0.5) is 0 Å². The second kappa shape index (κ2) is 5.98. The standard InChI is InChI=1S/C11H19ClN2OS/c1-11(7-13,8-15-3)14(2)6-9-4-5-10(12)16-9/h4-5H,6-8,13H2,1-3H3. The minimum atomic E-state index is -0.134. The molecule has 0 saturated heterocycles. The smallest absolute Gasteiger partial charge is 0.0931 e. The van der Waals surface area contributed by atoms with Gasteiger partial charge in [-0.15, -0.1) is 11.3 Å². The first kappa shape index (κ1) is 13.9. The van der Waals surface area contributed by atoms with E-state index in [2.05, 4.69) is 18.9 Å². The van der Waals surface area contributed by atoms with E-state index in [4.69, 9.17) is 22.1 Å². The first-order valence-electron chi connectivity index (χ1n) is 5.16. The van der Waals surface area contributed by atoms with Gasteiger partial charge in [0.1, 0.15) is 0 Å². The highest BCUT2D eigenvalue weighted by molar-refractivity contribution is 7.16. The number of hydrogen-bond donors (Lipinski definition) is 1. The molecule has 1 rings (SSSR count). The predicted octanol–water partition coefficient (Wildman–Crippen LogP) is 2.20. The summed E-state index contributed by atoms with van der Waals surface area (Å²) in [6, 6.07) is 3.97. The van der Waals surface area contributed by atoms with E-state index < -0.39 is 0 Å². The summed E-state index contributed by atoms with van der Waals surface area (Å²) in [5, 5.41) is 0. The van der Waals surface area contributed by atoms with Gasteiger partial charge in [-0.3, -0.25) is 4.90 Å². The maximum Gasteiger partial charge on any atom is 0.0931 e. The van der Waals surface area contributed by atoms with Gasteiger partial charge in [-0.1, -0.05) is 11.6 Å². The minimum absolute atomic E-state index is 0.134. The summed E-state index contributed by atoms with van der Waals surface area (Å²) in [4.78, 5) is 3.45. The van der Waals surface area contributed by atoms with E-state index in [1.165, 1.54) is 4.88 Å². The third-order valence-electron chi connectivity index (χ3n) is 2.84. The van der Waals surface area contributed by atoms with Crippen LogP contribution in [0.1, 0.15) is 11.8 Å². The van der Waals surface area contributed by atoms with E-state index in [0.29, 0.717) is 13.2 Å². The molecule has 1 aromatic rings. The molecular formula is C11H19ClN2OS. The lowest BCUT2D eigenvalue weighted by Gasteiger charge is -2.37. The van der Waals surface area contributed by atoms with Gasteiger partial charge in [-0.25, -0.2) is 0 Å². The van der Waals surface area contributed by atoms with E-state index in [-0.39, 0.29) is 5.54 Å². The molecule has 1 aromatic heterocycles. The maximum atomic E-state index is 5.90. The summed E-state index contributed by atoms with van der Waals surface area (Å²) in [6.45, 7) is 4.13. The summed E-state index contributed by atoms with van der Waals surface area (Å²) in [6.07, 6.45) is 0. The lowest BCUT2D eigenvalue weighted by molar-refractivity contribution is 0.0396. The Balaban J connectivity index is 2.65. The SMILES string of the molecule is COCC(C)(CN)N(C)Cc1ccc(Cl)s1. The number of nitrogens with zero attached hydrogens (tertiary/aromatic N) is 1. The van der Waals surface area contributed by atoms with Crippen LogP contribution in [-0.4, -0.2) is 37.7 Å². The molecule has 0 spiro atoms. The molecule has 5 heteroatoms. The number of hydrogen-bond acceptors (Lipinski definition) is 4. The molecule has 3 nitrogen and oxygen atoms in total. The Labute approximate surface area is 106 Å². The zero-order valence-corrected chi connectivity index (χ0v) is 11.6. The fourth-order valence-electron chi connectivity index (χ4n) is 1.50. The number of rotatable bonds is 6. The normalized spacial score (nSPS) is 15.4. The van der Waals surface area contributed by atoms with Crippen LogP contribution in [0.5, 0.6) is 0 Å². The number of methoxy groups -OCH3 is 1. The molecule has 0 aromatic carbocycles. The molecule has 1 atom stereocenters. The molecule has 0 amide bonds. The number of likely N-dealkylation sites (N-methyl/N-ethyl adjacent to an activating group) is 1. The molecule has 92 valence electrons. The number of thiophene rings is 1. The van der Waals surface area contributed by atoms with Crippen LogP contribution < -0.4 is 5.73 Å². The molecule has 0 aliphatic rings. The van der Waals surface area contributed by atoms with Crippen LogP contribution in [0, 0.1) is 0 Å². The Bertz CT molecular complexity index is 332. The molecule has 1 heterocycles. The molecule has 0 bridgehead atoms. The van der Waals surface area contributed by atoms with Gasteiger partial charge in [0.2, 0.25) is 0 Å². The van der Waals surface area contributed by atoms with Crippen LogP contribution in [-0.2, 0) is 11.3 Å². The van der Waals surface area contributed by atoms with Crippen molar-refractivity contribution in [1.82, 2.24) is 4.90 Å². The highest BCUT2D eigenvalue weighted by Crippen LogP contribution is 2.24. The van der Waals surface area contributed by atoms with Crippen LogP contribution in [0.2, 0.25) is 4.34 Å². The second-order valence-corrected chi connectivity index (χ2v) is 6.00. The van der Waals surface area contributed by atoms with Crippen LogP contribution in [0.15, 0.2) is 12.1 Å². The van der Waals surface area contributed by atoms with Crippen molar-refractivity contribution in [3.63, 3.8) is 0 Å². The highest BCUT2D eigenvalue weighted by atomic mass is 35.5. The zero-order valence-electron chi connectivity index (χ0n) is 10.00. The number of nitrogens with two attached hydrogens (primary N) is 1. The summed E-state index contributed by atoms with van der Waals surface area (Å²) in [5.41, 5.74) is 5.67. The third kappa shape index (κ3) is 3.43. The van der Waals surface area contributed by atoms with Crippen molar-refractivity contribution in [1.29, 1.82) is 0 Å². The molecule has 0 saturated carbocycles. The Hall–Kier alpha value is -0.130. The molecule has 2 N–H and O–H groups in total. The van der Waals surface area contributed by atoms with Crippen molar-refractivity contribution in [3.8, 4) is 0 Å². The fraction of sp³-hybridized carbons (Fsp3) is 0.636. The van der Waals surface area contributed by atoms with Gasteiger partial charge in [0.05, 0.1) is 16.5 Å². The molecule has 0 fully saturated rings. The van der Waals surface area contributed by atoms with Crippen molar-refractivity contribution < 1.29 is 4.74 Å². The molecule has 1 unspecified atom stereocenters. The van der Waals surface area contributed by atoms with E-state index in [1.807, 2.05) is 12.1 Å². The molecule has 16 heavy (non-hydrogen) atoms. The van der Waals surface area contributed by atoms with Crippen molar-refractivity contribution in [2.75, 3.05) is 27.3 Å². The minimum Gasteiger partial charge on any atom is -0.383 e. The molecule has 0 aliphatic heterocycles. The van der Waals surface area contributed by atoms with Crippen molar-refractivity contribution >= 4 is 22.9 Å². The molecular weight excluding hydrogens is 244 g/mol. The fourth-order valence-corrected chi connectivity index (χ4v) is 2.64. The first-order chi connectivity index (χ1) is 7.51. The molecule has 0 radical (unpaired) electrons. The van der Waals surface area contributed by atoms with Crippen LogP contribution in [0.3, 0.4) is 0 Å². The van der Waals surface area contributed by atoms with E-state index in [1.54, 1.807) is 18.4 Å². The quantitative estimate of drug-likeness (QED) is 0.854. The van der Waals surface area contributed by atoms with Gasteiger partial charge in [0.25, 0.3) is 0 Å². The zero-order chi connectivity index (χ0) is 12.2. The summed E-state index contributed by atoms with van der Waals surface area (Å²) < 4.78 is 6.04. The van der Waals surface area contributed by atoms with Gasteiger partial charge in [-0.2, -0.15) is 0 Å². The van der Waals surface area contributed by atoms with Gasteiger partial charge >= 0.3 is 0 Å². The van der Waals surface area contributed by atoms with Crippen LogP contribution >= 0.6 is 22.9 Å². The number of halogens is 1. The largest absolute Gasteiger partial charge is 0.383 e. The van der Waals surface area contributed by atoms with E-state index in [9.17, 15) is 0 Å². The predicted molar refractivity (Wildman–Crippen MR) is 70.1 cm³/mol. The van der Waals surface area contributed by atoms with E-state index >= 15 is 0 Å². The van der Waals surface area contributed by atoms with Gasteiger partial charge in [-0.05, 0) is 26.1 Å². The summed E-state index contributed by atoms with van der Waals surface area (Å²) >= 11 is 7.51. The Morgan fingerprint density at radius 2 is 2.25 bits per heavy atom.